The molecule has 1 aromatic carbocycles. The summed E-state index contributed by atoms with van der Waals surface area (Å²) in [5, 5.41) is 2.92. The van der Waals surface area contributed by atoms with Crippen LogP contribution < -0.4 is 10.1 Å². The molecule has 2 aromatic rings. The Morgan fingerprint density at radius 2 is 2.00 bits per heavy atom. The molecule has 0 radical (unpaired) electrons. The first-order valence-corrected chi connectivity index (χ1v) is 8.71. The standard InChI is InChI=1S/C20H28N2O3/c1-5-15(2)16-9-6-7-10-18(16)25-14-20(23)21-13-17(22(3)4)19-11-8-12-24-19/h6-12,15,17H,5,13-14H2,1-4H3,(H,21,23). The van der Waals surface area contributed by atoms with Gasteiger partial charge < -0.3 is 14.5 Å². The van der Waals surface area contributed by atoms with Crippen molar-refractivity contribution in [2.45, 2.75) is 32.2 Å². The van der Waals surface area contributed by atoms with Gasteiger partial charge >= 0.3 is 0 Å². The Balaban J connectivity index is 1.89. The van der Waals surface area contributed by atoms with Gasteiger partial charge in [-0.25, -0.2) is 0 Å². The molecule has 0 bridgehead atoms. The number of ether oxygens (including phenoxy) is 1. The van der Waals surface area contributed by atoms with Crippen molar-refractivity contribution in [3.05, 3.63) is 54.0 Å². The second-order valence-electron chi connectivity index (χ2n) is 6.43. The van der Waals surface area contributed by atoms with E-state index in [1.165, 1.54) is 0 Å². The van der Waals surface area contributed by atoms with E-state index in [0.717, 1.165) is 23.5 Å². The van der Waals surface area contributed by atoms with Gasteiger partial charge in [0.1, 0.15) is 11.5 Å². The van der Waals surface area contributed by atoms with E-state index in [0.29, 0.717) is 12.5 Å². The Labute approximate surface area is 150 Å². The number of carbonyl (C=O) groups excluding carboxylic acids is 1. The topological polar surface area (TPSA) is 54.7 Å². The van der Waals surface area contributed by atoms with Crippen molar-refractivity contribution in [1.29, 1.82) is 0 Å². The lowest BCUT2D eigenvalue weighted by Crippen LogP contribution is -2.36. The van der Waals surface area contributed by atoms with Crippen LogP contribution in [0.15, 0.2) is 47.1 Å². The number of amides is 1. The zero-order chi connectivity index (χ0) is 18.2. The van der Waals surface area contributed by atoms with Crippen LogP contribution >= 0.6 is 0 Å². The number of nitrogens with one attached hydrogen (secondary N) is 1. The van der Waals surface area contributed by atoms with Crippen molar-refractivity contribution in [2.75, 3.05) is 27.2 Å². The van der Waals surface area contributed by atoms with Crippen molar-refractivity contribution in [1.82, 2.24) is 10.2 Å². The summed E-state index contributed by atoms with van der Waals surface area (Å²) in [6.45, 7) is 4.78. The summed E-state index contributed by atoms with van der Waals surface area (Å²) in [4.78, 5) is 14.2. The molecule has 25 heavy (non-hydrogen) atoms. The van der Waals surface area contributed by atoms with E-state index in [2.05, 4.69) is 25.2 Å². The largest absolute Gasteiger partial charge is 0.483 e. The molecule has 0 saturated heterocycles. The Hall–Kier alpha value is -2.27. The van der Waals surface area contributed by atoms with Crippen LogP contribution in [0, 0.1) is 0 Å². The van der Waals surface area contributed by atoms with Crippen molar-refractivity contribution in [2.24, 2.45) is 0 Å². The number of hydrogen-bond acceptors (Lipinski definition) is 4. The fourth-order valence-corrected chi connectivity index (χ4v) is 2.66. The van der Waals surface area contributed by atoms with Gasteiger partial charge in [0.2, 0.25) is 0 Å². The van der Waals surface area contributed by atoms with Crippen LogP contribution in [0.2, 0.25) is 0 Å². The molecule has 0 saturated carbocycles. The van der Waals surface area contributed by atoms with Gasteiger partial charge in [0.05, 0.1) is 12.3 Å². The lowest BCUT2D eigenvalue weighted by atomic mass is 9.98. The van der Waals surface area contributed by atoms with Gasteiger partial charge in [-0.3, -0.25) is 9.69 Å². The number of carbonyl (C=O) groups is 1. The molecule has 136 valence electrons. The number of furan rings is 1. The highest BCUT2D eigenvalue weighted by molar-refractivity contribution is 5.77. The Kier molecular flexibility index (Phi) is 7.07. The summed E-state index contributed by atoms with van der Waals surface area (Å²) in [6, 6.07) is 11.7. The minimum absolute atomic E-state index is 0.00571. The number of likely N-dealkylation sites (N-methyl/N-ethyl adjacent to an activating group) is 1. The first-order valence-electron chi connectivity index (χ1n) is 8.71. The molecule has 5 heteroatoms. The Bertz CT molecular complexity index is 653. The third-order valence-corrected chi connectivity index (χ3v) is 4.41. The third-order valence-electron chi connectivity index (χ3n) is 4.41. The van der Waals surface area contributed by atoms with E-state index in [1.807, 2.05) is 49.3 Å². The number of nitrogens with zero attached hydrogens (tertiary/aromatic N) is 1. The fourth-order valence-electron chi connectivity index (χ4n) is 2.66. The van der Waals surface area contributed by atoms with Gasteiger partial charge in [0.25, 0.3) is 5.91 Å². The molecular weight excluding hydrogens is 316 g/mol. The van der Waals surface area contributed by atoms with Crippen LogP contribution in [-0.2, 0) is 4.79 Å². The average Bonchev–Trinajstić information content (AvgIpc) is 3.13. The summed E-state index contributed by atoms with van der Waals surface area (Å²) in [5.41, 5.74) is 1.14. The van der Waals surface area contributed by atoms with E-state index >= 15 is 0 Å². The van der Waals surface area contributed by atoms with E-state index in [1.54, 1.807) is 6.26 Å². The SMILES string of the molecule is CCC(C)c1ccccc1OCC(=O)NCC(c1ccco1)N(C)C. The fraction of sp³-hybridized carbons (Fsp3) is 0.450. The molecule has 1 N–H and O–H groups in total. The van der Waals surface area contributed by atoms with Crippen LogP contribution in [0.5, 0.6) is 5.75 Å². The molecule has 1 aromatic heterocycles. The first-order chi connectivity index (χ1) is 12.0. The van der Waals surface area contributed by atoms with Crippen molar-refractivity contribution in [3.63, 3.8) is 0 Å². The number of benzene rings is 1. The smallest absolute Gasteiger partial charge is 0.258 e. The van der Waals surface area contributed by atoms with Gasteiger partial charge in [0, 0.05) is 6.54 Å². The summed E-state index contributed by atoms with van der Waals surface area (Å²) in [7, 11) is 3.91. The van der Waals surface area contributed by atoms with Gasteiger partial charge in [-0.1, -0.05) is 32.0 Å². The van der Waals surface area contributed by atoms with Gasteiger partial charge in [-0.05, 0) is 50.2 Å². The molecule has 0 fully saturated rings. The van der Waals surface area contributed by atoms with E-state index in [9.17, 15) is 4.79 Å². The third kappa shape index (κ3) is 5.36. The van der Waals surface area contributed by atoms with Crippen molar-refractivity contribution in [3.8, 4) is 5.75 Å². The minimum atomic E-state index is -0.141. The highest BCUT2D eigenvalue weighted by Crippen LogP contribution is 2.28. The van der Waals surface area contributed by atoms with Crippen LogP contribution in [0.25, 0.3) is 0 Å². The molecule has 1 heterocycles. The Morgan fingerprint density at radius 3 is 2.64 bits per heavy atom. The summed E-state index contributed by atoms with van der Waals surface area (Å²) in [5.74, 6) is 1.87. The van der Waals surface area contributed by atoms with E-state index < -0.39 is 0 Å². The second kappa shape index (κ2) is 9.28. The lowest BCUT2D eigenvalue weighted by molar-refractivity contribution is -0.123. The molecular formula is C20H28N2O3. The normalized spacial score (nSPS) is 13.5. The molecule has 0 aliphatic heterocycles. The molecule has 2 unspecified atom stereocenters. The zero-order valence-electron chi connectivity index (χ0n) is 15.5. The van der Waals surface area contributed by atoms with Crippen LogP contribution in [-0.4, -0.2) is 38.1 Å². The van der Waals surface area contributed by atoms with Crippen LogP contribution in [0.1, 0.15) is 43.6 Å². The maximum Gasteiger partial charge on any atom is 0.258 e. The summed E-state index contributed by atoms with van der Waals surface area (Å²) < 4.78 is 11.2. The van der Waals surface area contributed by atoms with Crippen LogP contribution in [0.3, 0.4) is 0 Å². The molecule has 0 aliphatic rings. The van der Waals surface area contributed by atoms with Crippen molar-refractivity contribution < 1.29 is 13.9 Å². The minimum Gasteiger partial charge on any atom is -0.483 e. The highest BCUT2D eigenvalue weighted by atomic mass is 16.5. The van der Waals surface area contributed by atoms with Crippen LogP contribution in [0.4, 0.5) is 0 Å². The van der Waals surface area contributed by atoms with Crippen molar-refractivity contribution >= 4 is 5.91 Å². The quantitative estimate of drug-likeness (QED) is 0.755. The number of rotatable bonds is 9. The number of para-hydroxylation sites is 1. The lowest BCUT2D eigenvalue weighted by Gasteiger charge is -2.22. The maximum atomic E-state index is 12.2. The Morgan fingerprint density at radius 1 is 1.24 bits per heavy atom. The molecule has 0 spiro atoms. The van der Waals surface area contributed by atoms with E-state index in [4.69, 9.17) is 9.15 Å². The maximum absolute atomic E-state index is 12.2. The number of hydrogen-bond donors (Lipinski definition) is 1. The zero-order valence-corrected chi connectivity index (χ0v) is 15.5. The predicted molar refractivity (Wildman–Crippen MR) is 98.8 cm³/mol. The first kappa shape index (κ1) is 19.1. The molecule has 2 rings (SSSR count). The van der Waals surface area contributed by atoms with Gasteiger partial charge in [-0.2, -0.15) is 0 Å². The average molecular weight is 344 g/mol. The predicted octanol–water partition coefficient (Wildman–Crippen LogP) is 3.59. The van der Waals surface area contributed by atoms with Gasteiger partial charge in [0.15, 0.2) is 6.61 Å². The molecule has 1 amide bonds. The van der Waals surface area contributed by atoms with Gasteiger partial charge in [-0.15, -0.1) is 0 Å². The molecule has 2 atom stereocenters. The second-order valence-corrected chi connectivity index (χ2v) is 6.43. The highest BCUT2D eigenvalue weighted by Gasteiger charge is 2.18. The summed E-state index contributed by atoms with van der Waals surface area (Å²) >= 11 is 0. The monoisotopic (exact) mass is 344 g/mol. The summed E-state index contributed by atoms with van der Waals surface area (Å²) in [6.07, 6.45) is 2.67. The van der Waals surface area contributed by atoms with E-state index in [-0.39, 0.29) is 18.6 Å². The molecule has 5 nitrogen and oxygen atoms in total. The molecule has 0 aliphatic carbocycles.